The summed E-state index contributed by atoms with van der Waals surface area (Å²) in [6.07, 6.45) is 8.20. The smallest absolute Gasteiger partial charge is 0.159 e. The van der Waals surface area contributed by atoms with Crippen molar-refractivity contribution < 1.29 is 4.42 Å². The molecular weight excluding hydrogens is 679 g/mol. The fourth-order valence-corrected chi connectivity index (χ4v) is 14.6. The van der Waals surface area contributed by atoms with Crippen LogP contribution in [0.4, 0.5) is 17.1 Å². The van der Waals surface area contributed by atoms with Crippen molar-refractivity contribution in [2.75, 3.05) is 4.90 Å². The second-order valence-electron chi connectivity index (χ2n) is 19.9. The normalized spacial score (nSPS) is 29.1. The molecule has 0 N–H and O–H groups in total. The van der Waals surface area contributed by atoms with Crippen LogP contribution < -0.4 is 4.90 Å². The lowest BCUT2D eigenvalue weighted by Crippen LogP contribution is -2.73. The van der Waals surface area contributed by atoms with E-state index in [2.05, 4.69) is 160 Å². The lowest BCUT2D eigenvalue weighted by molar-refractivity contribution is -0.231. The van der Waals surface area contributed by atoms with Gasteiger partial charge in [0.15, 0.2) is 5.58 Å². The number of furan rings is 1. The third kappa shape index (κ3) is 3.67. The Balaban J connectivity index is 1.03. The molecule has 6 aromatic carbocycles. The van der Waals surface area contributed by atoms with Gasteiger partial charge in [-0.1, -0.05) is 125 Å². The van der Waals surface area contributed by atoms with Gasteiger partial charge in [0, 0.05) is 27.4 Å². The predicted octanol–water partition coefficient (Wildman–Crippen LogP) is 14.4. The van der Waals surface area contributed by atoms with E-state index in [0.717, 1.165) is 57.0 Å². The molecule has 6 atom stereocenters. The predicted molar refractivity (Wildman–Crippen MR) is 230 cm³/mol. The van der Waals surface area contributed by atoms with Crippen molar-refractivity contribution >= 4 is 39.0 Å². The highest BCUT2D eigenvalue weighted by molar-refractivity contribution is 6.11. The highest BCUT2D eigenvalue weighted by Crippen LogP contribution is 2.89. The number of fused-ring (bicyclic) bond motifs is 12. The van der Waals surface area contributed by atoms with Crippen LogP contribution in [0.1, 0.15) is 88.5 Å². The second-order valence-corrected chi connectivity index (χ2v) is 19.9. The first-order chi connectivity index (χ1) is 27.2. The van der Waals surface area contributed by atoms with Crippen molar-refractivity contribution in [3.05, 3.63) is 150 Å². The van der Waals surface area contributed by atoms with Crippen LogP contribution >= 0.6 is 0 Å². The summed E-state index contributed by atoms with van der Waals surface area (Å²) >= 11 is 0. The molecule has 7 aromatic rings. The van der Waals surface area contributed by atoms with E-state index in [1.54, 1.807) is 11.1 Å². The van der Waals surface area contributed by atoms with Gasteiger partial charge >= 0.3 is 0 Å². The van der Waals surface area contributed by atoms with Crippen LogP contribution in [-0.2, 0) is 16.2 Å². The molecule has 6 unspecified atom stereocenters. The van der Waals surface area contributed by atoms with Gasteiger partial charge in [-0.3, -0.25) is 0 Å². The molecule has 0 aliphatic heterocycles. The van der Waals surface area contributed by atoms with E-state index in [1.165, 1.54) is 77.6 Å². The minimum absolute atomic E-state index is 0.121. The van der Waals surface area contributed by atoms with E-state index in [9.17, 15) is 0 Å². The highest BCUT2D eigenvalue weighted by atomic mass is 16.3. The molecule has 6 aliphatic carbocycles. The zero-order valence-corrected chi connectivity index (χ0v) is 33.0. The summed E-state index contributed by atoms with van der Waals surface area (Å²) in [6.45, 7) is 9.74. The van der Waals surface area contributed by atoms with Crippen LogP contribution in [-0.4, -0.2) is 0 Å². The quantitative estimate of drug-likeness (QED) is 0.179. The highest BCUT2D eigenvalue weighted by Gasteiger charge is 2.84. The molecule has 4 saturated carbocycles. The molecule has 0 amide bonds. The number of nitrogens with zero attached hydrogens (tertiary/aromatic N) is 1. The second kappa shape index (κ2) is 10.5. The first-order valence-electron chi connectivity index (χ1n) is 21.4. The summed E-state index contributed by atoms with van der Waals surface area (Å²) in [5.41, 5.74) is 18.2. The molecule has 6 aliphatic rings. The lowest BCUT2D eigenvalue weighted by atomic mass is 9.27. The molecule has 2 bridgehead atoms. The number of hydrogen-bond acceptors (Lipinski definition) is 2. The van der Waals surface area contributed by atoms with Crippen LogP contribution in [0.15, 0.2) is 132 Å². The van der Waals surface area contributed by atoms with E-state index >= 15 is 0 Å². The van der Waals surface area contributed by atoms with Gasteiger partial charge in [-0.15, -0.1) is 0 Å². The van der Waals surface area contributed by atoms with Gasteiger partial charge in [-0.2, -0.15) is 0 Å². The van der Waals surface area contributed by atoms with Gasteiger partial charge in [-0.25, -0.2) is 0 Å². The largest absolute Gasteiger partial charge is 0.454 e. The maximum absolute atomic E-state index is 6.84. The van der Waals surface area contributed by atoms with Gasteiger partial charge in [0.1, 0.15) is 5.58 Å². The van der Waals surface area contributed by atoms with Crippen molar-refractivity contribution in [2.45, 2.75) is 82.5 Å². The van der Waals surface area contributed by atoms with Crippen LogP contribution in [0.25, 0.3) is 44.2 Å². The molecule has 276 valence electrons. The molecule has 1 heterocycles. The Hall–Kier alpha value is -5.08. The number of para-hydroxylation sites is 2. The van der Waals surface area contributed by atoms with E-state index < -0.39 is 0 Å². The van der Waals surface area contributed by atoms with Gasteiger partial charge in [0.05, 0.1) is 11.4 Å². The van der Waals surface area contributed by atoms with Gasteiger partial charge < -0.3 is 9.32 Å². The van der Waals surface area contributed by atoms with E-state index in [1.807, 2.05) is 0 Å². The molecular formula is C54H49NO. The molecule has 2 heteroatoms. The molecule has 56 heavy (non-hydrogen) atoms. The summed E-state index contributed by atoms with van der Waals surface area (Å²) in [7, 11) is 0. The van der Waals surface area contributed by atoms with E-state index in [-0.39, 0.29) is 16.2 Å². The number of rotatable bonds is 4. The minimum atomic E-state index is 0.121. The van der Waals surface area contributed by atoms with E-state index in [0.29, 0.717) is 5.41 Å². The summed E-state index contributed by atoms with van der Waals surface area (Å²) < 4.78 is 6.84. The SMILES string of the molecule is CC1(C)CCC(C)(C)c2c(-c3ccc(N(c4cccc5c4-c4ccccc4C54C5CC6CC7CC4C75C6)c4cccc5c4oc4ccccc45)cc3)cccc21. The zero-order valence-electron chi connectivity index (χ0n) is 33.0. The molecule has 0 saturated heterocycles. The molecule has 2 spiro atoms. The molecule has 1 aromatic heterocycles. The number of anilines is 3. The van der Waals surface area contributed by atoms with Crippen LogP contribution in [0.2, 0.25) is 0 Å². The minimum Gasteiger partial charge on any atom is -0.454 e. The Kier molecular flexibility index (Phi) is 5.98. The summed E-state index contributed by atoms with van der Waals surface area (Å²) in [5.74, 6) is 3.44. The van der Waals surface area contributed by atoms with E-state index in [4.69, 9.17) is 4.42 Å². The van der Waals surface area contributed by atoms with Crippen LogP contribution in [0.5, 0.6) is 0 Å². The first kappa shape index (κ1) is 32.1. The molecule has 13 rings (SSSR count). The first-order valence-corrected chi connectivity index (χ1v) is 21.4. The topological polar surface area (TPSA) is 16.4 Å². The lowest BCUT2D eigenvalue weighted by Gasteiger charge is -2.76. The fourth-order valence-electron chi connectivity index (χ4n) is 14.6. The Labute approximate surface area is 330 Å². The van der Waals surface area contributed by atoms with Gasteiger partial charge in [-0.05, 0) is 148 Å². The van der Waals surface area contributed by atoms with Crippen LogP contribution in [0.3, 0.4) is 0 Å². The monoisotopic (exact) mass is 727 g/mol. The van der Waals surface area contributed by atoms with Crippen molar-refractivity contribution in [1.29, 1.82) is 0 Å². The third-order valence-electron chi connectivity index (χ3n) is 16.8. The maximum Gasteiger partial charge on any atom is 0.159 e. The van der Waals surface area contributed by atoms with Crippen LogP contribution in [0, 0.1) is 29.1 Å². The third-order valence-corrected chi connectivity index (χ3v) is 16.8. The molecule has 4 fully saturated rings. The molecule has 2 nitrogen and oxygen atoms in total. The summed E-state index contributed by atoms with van der Waals surface area (Å²) in [5, 5.41) is 2.32. The average molecular weight is 728 g/mol. The maximum atomic E-state index is 6.84. The van der Waals surface area contributed by atoms with Crippen molar-refractivity contribution in [1.82, 2.24) is 0 Å². The standard InChI is InChI=1S/C54H49NO/c1-51(2)26-27-52(3,4)49-36(14-9-18-42(49)51)33-22-24-35(25-23-33)55(44-20-10-15-38-37-12-6-8-21-45(37)56-50(38)44)43-19-11-17-41-48(43)39-13-5-7-16-40(39)54(41)46-29-32-28-34-30-47(54)53(34,46)31-32/h5-25,32,34,46-47H,26-31H2,1-4H3. The average Bonchev–Trinajstić information content (AvgIpc) is 3.95. The fraction of sp³-hybridized carbons (Fsp3) is 0.333. The summed E-state index contributed by atoms with van der Waals surface area (Å²) in [4.78, 5) is 2.54. The van der Waals surface area contributed by atoms with Crippen molar-refractivity contribution in [3.63, 3.8) is 0 Å². The zero-order chi connectivity index (χ0) is 37.3. The van der Waals surface area contributed by atoms with Crippen molar-refractivity contribution in [2.24, 2.45) is 29.1 Å². The number of hydrogen-bond donors (Lipinski definition) is 0. The van der Waals surface area contributed by atoms with Crippen molar-refractivity contribution in [3.8, 4) is 22.3 Å². The summed E-state index contributed by atoms with van der Waals surface area (Å²) in [6, 6.07) is 48.6. The number of benzene rings is 6. The van der Waals surface area contributed by atoms with Gasteiger partial charge in [0.2, 0.25) is 0 Å². The Morgan fingerprint density at radius 2 is 1.25 bits per heavy atom. The Morgan fingerprint density at radius 1 is 0.571 bits per heavy atom. The molecule has 0 radical (unpaired) electrons. The Morgan fingerprint density at radius 3 is 2.12 bits per heavy atom. The Bertz CT molecular complexity index is 2820. The van der Waals surface area contributed by atoms with Gasteiger partial charge in [0.25, 0.3) is 0 Å².